The van der Waals surface area contributed by atoms with Crippen molar-refractivity contribution in [3.05, 3.63) is 176 Å². The second-order valence-corrected chi connectivity index (χ2v) is 15.3. The summed E-state index contributed by atoms with van der Waals surface area (Å²) >= 11 is 0. The van der Waals surface area contributed by atoms with E-state index in [1.807, 2.05) is 0 Å². The number of para-hydroxylation sites is 6. The molecule has 0 aliphatic carbocycles. The monoisotopic (exact) mass is 696 g/mol. The molecule has 5 heterocycles. The molecule has 8 aromatic carbocycles. The first-order valence-corrected chi connectivity index (χ1v) is 19.3. The molecule has 4 nitrogen and oxygen atoms in total. The number of hydrogen-bond donors (Lipinski definition) is 1. The average Bonchev–Trinajstić information content (AvgIpc) is 3.25. The van der Waals surface area contributed by atoms with E-state index in [9.17, 15) is 0 Å². The van der Waals surface area contributed by atoms with Gasteiger partial charge in [-0.3, -0.25) is 0 Å². The SMILES string of the molecule is B1c2ccccc2N2c3ccccc3B3c4ccccc4N4c5ccccc5B5c6c(c1c2c3c64)-c1c(Nc2ccccc2)cccc1N5c1ccccc1. The van der Waals surface area contributed by atoms with Crippen LogP contribution in [0.25, 0.3) is 11.1 Å². The van der Waals surface area contributed by atoms with Crippen LogP contribution in [0.15, 0.2) is 176 Å². The highest BCUT2D eigenvalue weighted by atomic mass is 15.2. The van der Waals surface area contributed by atoms with Crippen LogP contribution in [0.2, 0.25) is 0 Å². The Morgan fingerprint density at radius 1 is 0.436 bits per heavy atom. The summed E-state index contributed by atoms with van der Waals surface area (Å²) in [5.41, 5.74) is 24.6. The van der Waals surface area contributed by atoms with Crippen LogP contribution in [-0.4, -0.2) is 20.8 Å². The Labute approximate surface area is 321 Å². The van der Waals surface area contributed by atoms with Gasteiger partial charge in [0, 0.05) is 62.4 Å². The number of rotatable bonds is 3. The molecule has 0 unspecified atom stereocenters. The van der Waals surface area contributed by atoms with E-state index in [1.165, 1.54) is 94.9 Å². The van der Waals surface area contributed by atoms with Crippen LogP contribution in [0, 0.1) is 0 Å². The highest BCUT2D eigenvalue weighted by molar-refractivity contribution is 7.04. The minimum atomic E-state index is -0.0467. The van der Waals surface area contributed by atoms with Gasteiger partial charge in [0.1, 0.15) is 0 Å². The highest BCUT2D eigenvalue weighted by Crippen LogP contribution is 2.52. The molecule has 0 saturated carbocycles. The minimum Gasteiger partial charge on any atom is -0.376 e. The van der Waals surface area contributed by atoms with E-state index in [0.29, 0.717) is 0 Å². The first kappa shape index (κ1) is 29.6. The van der Waals surface area contributed by atoms with Crippen molar-refractivity contribution < 1.29 is 0 Å². The van der Waals surface area contributed by atoms with Gasteiger partial charge in [-0.05, 0) is 99.0 Å². The molecular weight excluding hydrogens is 665 g/mol. The molecule has 55 heavy (non-hydrogen) atoms. The van der Waals surface area contributed by atoms with Gasteiger partial charge in [-0.1, -0.05) is 121 Å². The maximum Gasteiger partial charge on any atom is 0.333 e. The maximum absolute atomic E-state index is 3.93. The van der Waals surface area contributed by atoms with Crippen LogP contribution in [0.3, 0.4) is 0 Å². The molecule has 0 aromatic heterocycles. The maximum atomic E-state index is 3.93. The van der Waals surface area contributed by atoms with Crippen molar-refractivity contribution in [1.82, 2.24) is 0 Å². The predicted octanol–water partition coefficient (Wildman–Crippen LogP) is 6.45. The van der Waals surface area contributed by atoms with Crippen molar-refractivity contribution in [3.8, 4) is 11.1 Å². The van der Waals surface area contributed by atoms with Crippen molar-refractivity contribution in [2.24, 2.45) is 0 Å². The molecular formula is C48H31B3N4. The fourth-order valence-electron chi connectivity index (χ4n) is 10.6. The van der Waals surface area contributed by atoms with E-state index < -0.39 is 0 Å². The standard InChI is InChI=1S/C48H31B3N4/c1-3-16-30(17-4-1)52-36-24-15-29-41-42(36)43-44-47-46-48-45(43)51(55(41)31-18-5-2-6-19-31)35-23-10-14-28-40(35)54(48)39-27-13-9-22-34(39)50(46)33-21-8-12-26-38(33)53(47)37-25-11-7-20-32(37)49-44/h1-29,49,52H. The highest BCUT2D eigenvalue weighted by Gasteiger charge is 2.54. The van der Waals surface area contributed by atoms with Crippen LogP contribution in [0.4, 0.5) is 56.9 Å². The Kier molecular flexibility index (Phi) is 5.85. The molecule has 5 aliphatic heterocycles. The third-order valence-electron chi connectivity index (χ3n) is 12.6. The summed E-state index contributed by atoms with van der Waals surface area (Å²) in [6.07, 6.45) is 0. The van der Waals surface area contributed by atoms with Gasteiger partial charge in [-0.25, -0.2) is 0 Å². The molecule has 0 bridgehead atoms. The summed E-state index contributed by atoms with van der Waals surface area (Å²) < 4.78 is 0. The summed E-state index contributed by atoms with van der Waals surface area (Å²) in [5, 5.41) is 3.93. The average molecular weight is 696 g/mol. The van der Waals surface area contributed by atoms with Gasteiger partial charge in [-0.15, -0.1) is 0 Å². The first-order valence-electron chi connectivity index (χ1n) is 19.3. The Bertz CT molecular complexity index is 2920. The van der Waals surface area contributed by atoms with Crippen molar-refractivity contribution in [3.63, 3.8) is 0 Å². The van der Waals surface area contributed by atoms with Crippen molar-refractivity contribution in [2.45, 2.75) is 0 Å². The van der Waals surface area contributed by atoms with Gasteiger partial charge in [0.25, 0.3) is 6.71 Å². The van der Waals surface area contributed by atoms with Crippen LogP contribution in [0.5, 0.6) is 0 Å². The molecule has 0 radical (unpaired) electrons. The second kappa shape index (κ2) is 10.9. The molecule has 0 fully saturated rings. The van der Waals surface area contributed by atoms with Gasteiger partial charge in [0.15, 0.2) is 7.28 Å². The Balaban J connectivity index is 1.25. The molecule has 0 spiro atoms. The zero-order chi connectivity index (χ0) is 35.8. The summed E-state index contributed by atoms with van der Waals surface area (Å²) in [5.74, 6) is 0. The van der Waals surface area contributed by atoms with E-state index in [1.54, 1.807) is 0 Å². The van der Waals surface area contributed by atoms with Gasteiger partial charge in [-0.2, -0.15) is 0 Å². The largest absolute Gasteiger partial charge is 0.376 e. The molecule has 13 rings (SSSR count). The molecule has 7 heteroatoms. The van der Waals surface area contributed by atoms with Crippen LogP contribution < -0.4 is 58.2 Å². The van der Waals surface area contributed by atoms with Crippen LogP contribution in [-0.2, 0) is 0 Å². The Hall–Kier alpha value is -6.85. The third kappa shape index (κ3) is 3.80. The van der Waals surface area contributed by atoms with Gasteiger partial charge in [0.2, 0.25) is 0 Å². The zero-order valence-electron chi connectivity index (χ0n) is 29.9. The number of anilines is 10. The van der Waals surface area contributed by atoms with Gasteiger partial charge >= 0.3 is 6.85 Å². The molecule has 0 saturated heterocycles. The fraction of sp³-hybridized carbons (Fsp3) is 0. The molecule has 0 amide bonds. The second-order valence-electron chi connectivity index (χ2n) is 15.3. The van der Waals surface area contributed by atoms with Crippen molar-refractivity contribution in [2.75, 3.05) is 19.9 Å². The topological polar surface area (TPSA) is 21.8 Å². The van der Waals surface area contributed by atoms with E-state index in [4.69, 9.17) is 0 Å². The third-order valence-corrected chi connectivity index (χ3v) is 12.6. The fourth-order valence-corrected chi connectivity index (χ4v) is 10.6. The van der Waals surface area contributed by atoms with Crippen molar-refractivity contribution >= 4 is 116 Å². The van der Waals surface area contributed by atoms with Gasteiger partial charge < -0.3 is 19.9 Å². The lowest BCUT2D eigenvalue weighted by Gasteiger charge is -2.53. The van der Waals surface area contributed by atoms with Crippen LogP contribution in [0.1, 0.15) is 0 Å². The van der Waals surface area contributed by atoms with E-state index in [2.05, 4.69) is 196 Å². The molecule has 1 N–H and O–H groups in total. The van der Waals surface area contributed by atoms with E-state index in [-0.39, 0.29) is 13.6 Å². The summed E-state index contributed by atoms with van der Waals surface area (Å²) in [7, 11) is 0.854. The summed E-state index contributed by atoms with van der Waals surface area (Å²) in [6, 6.07) is 65.1. The minimum absolute atomic E-state index is 0.0467. The number of nitrogens with zero attached hydrogens (tertiary/aromatic N) is 3. The molecule has 5 aliphatic rings. The Morgan fingerprint density at radius 2 is 1.00 bits per heavy atom. The molecule has 252 valence electrons. The quantitative estimate of drug-likeness (QED) is 0.215. The number of nitrogens with one attached hydrogen (secondary N) is 1. The lowest BCUT2D eigenvalue weighted by atomic mass is 9.30. The number of hydrogen-bond acceptors (Lipinski definition) is 4. The lowest BCUT2D eigenvalue weighted by Crippen LogP contribution is -2.71. The molecule has 0 atom stereocenters. The summed E-state index contributed by atoms with van der Waals surface area (Å²) in [4.78, 5) is 7.87. The van der Waals surface area contributed by atoms with E-state index in [0.717, 1.165) is 18.7 Å². The summed E-state index contributed by atoms with van der Waals surface area (Å²) in [6.45, 7) is 0.0453. The number of fused-ring (bicyclic) bond motifs is 14. The van der Waals surface area contributed by atoms with Crippen molar-refractivity contribution in [1.29, 1.82) is 0 Å². The molecule has 8 aromatic rings. The normalized spacial score (nSPS) is 14.1. The first-order chi connectivity index (χ1) is 27.3. The number of benzene rings is 8. The smallest absolute Gasteiger partial charge is 0.333 e. The zero-order valence-corrected chi connectivity index (χ0v) is 29.9. The Morgan fingerprint density at radius 3 is 1.73 bits per heavy atom. The van der Waals surface area contributed by atoms with Crippen LogP contribution >= 0.6 is 0 Å². The van der Waals surface area contributed by atoms with Gasteiger partial charge in [0.05, 0.1) is 0 Å². The van der Waals surface area contributed by atoms with E-state index >= 15 is 0 Å². The predicted molar refractivity (Wildman–Crippen MR) is 236 cm³/mol. The lowest BCUT2D eigenvalue weighted by molar-refractivity contribution is 1.25.